The van der Waals surface area contributed by atoms with Crippen molar-refractivity contribution in [3.05, 3.63) is 102 Å². The van der Waals surface area contributed by atoms with E-state index in [0.29, 0.717) is 12.5 Å². The van der Waals surface area contributed by atoms with Gasteiger partial charge in [0.15, 0.2) is 9.84 Å². The first-order valence-electron chi connectivity index (χ1n) is 13.5. The molecule has 1 aliphatic carbocycles. The van der Waals surface area contributed by atoms with Crippen molar-refractivity contribution in [2.75, 3.05) is 11.5 Å². The molecule has 3 aromatic rings. The topological polar surface area (TPSA) is 83.6 Å². The molecule has 0 amide bonds. The van der Waals surface area contributed by atoms with E-state index in [0.717, 1.165) is 24.0 Å². The first-order valence-corrected chi connectivity index (χ1v) is 16.7. The fourth-order valence-electron chi connectivity index (χ4n) is 5.78. The standard InChI is InChI=1S/C30H36N2O4S2/c33-37(34)22-29(31-20-24-10-4-1-5-11-24)30(23-37)32(21-25-12-6-2-7-13-25)38(35,36)28-18-16-27(17-19-28)26-14-8-3-9-15-26/h1-2,4-7,10-13,16-19,26,29-31H,3,8-9,14-15,20-23H2/t29-,30-/m1/s1. The van der Waals surface area contributed by atoms with Crippen LogP contribution in [0, 0.1) is 0 Å². The number of benzene rings is 3. The highest BCUT2D eigenvalue weighted by Crippen LogP contribution is 2.34. The van der Waals surface area contributed by atoms with Gasteiger partial charge >= 0.3 is 0 Å². The molecule has 2 fully saturated rings. The molecule has 1 saturated heterocycles. The number of nitrogens with zero attached hydrogens (tertiary/aromatic N) is 1. The van der Waals surface area contributed by atoms with Crippen molar-refractivity contribution in [1.82, 2.24) is 9.62 Å². The molecule has 6 nitrogen and oxygen atoms in total. The number of rotatable bonds is 9. The molecule has 38 heavy (non-hydrogen) atoms. The van der Waals surface area contributed by atoms with Crippen LogP contribution in [0.1, 0.15) is 54.7 Å². The Hall–Kier alpha value is -2.52. The van der Waals surface area contributed by atoms with Crippen LogP contribution in [0.25, 0.3) is 0 Å². The largest absolute Gasteiger partial charge is 0.307 e. The zero-order valence-corrected chi connectivity index (χ0v) is 23.2. The number of hydrogen-bond acceptors (Lipinski definition) is 5. The van der Waals surface area contributed by atoms with Gasteiger partial charge in [0, 0.05) is 19.1 Å². The van der Waals surface area contributed by atoms with E-state index in [1.54, 1.807) is 12.1 Å². The van der Waals surface area contributed by atoms with Gasteiger partial charge in [0.25, 0.3) is 0 Å². The van der Waals surface area contributed by atoms with Crippen molar-refractivity contribution in [2.45, 2.75) is 68.1 Å². The molecule has 1 N–H and O–H groups in total. The molecule has 0 radical (unpaired) electrons. The Morgan fingerprint density at radius 3 is 2.00 bits per heavy atom. The predicted octanol–water partition coefficient (Wildman–Crippen LogP) is 4.88. The smallest absolute Gasteiger partial charge is 0.243 e. The Labute approximate surface area is 227 Å². The maximum atomic E-state index is 14.1. The summed E-state index contributed by atoms with van der Waals surface area (Å²) >= 11 is 0. The minimum atomic E-state index is -3.97. The van der Waals surface area contributed by atoms with Crippen LogP contribution in [0.15, 0.2) is 89.8 Å². The van der Waals surface area contributed by atoms with Gasteiger partial charge in [0.1, 0.15) is 0 Å². The van der Waals surface area contributed by atoms with Crippen LogP contribution in [0.3, 0.4) is 0 Å². The molecule has 0 bridgehead atoms. The number of sulfone groups is 1. The van der Waals surface area contributed by atoms with Crippen LogP contribution in [-0.2, 0) is 33.0 Å². The Balaban J connectivity index is 1.45. The van der Waals surface area contributed by atoms with Gasteiger partial charge in [-0.1, -0.05) is 92.1 Å². The third kappa shape index (κ3) is 6.37. The van der Waals surface area contributed by atoms with E-state index in [1.165, 1.54) is 29.1 Å². The Morgan fingerprint density at radius 2 is 1.37 bits per heavy atom. The highest BCUT2D eigenvalue weighted by molar-refractivity contribution is 7.92. The lowest BCUT2D eigenvalue weighted by Crippen LogP contribution is -2.51. The van der Waals surface area contributed by atoms with Crippen molar-refractivity contribution in [1.29, 1.82) is 0 Å². The van der Waals surface area contributed by atoms with Crippen molar-refractivity contribution < 1.29 is 16.8 Å². The molecule has 3 aromatic carbocycles. The Bertz CT molecular complexity index is 1400. The van der Waals surface area contributed by atoms with Gasteiger partial charge in [-0.2, -0.15) is 4.31 Å². The summed E-state index contributed by atoms with van der Waals surface area (Å²) < 4.78 is 55.4. The van der Waals surface area contributed by atoms with Crippen LogP contribution in [0.5, 0.6) is 0 Å². The van der Waals surface area contributed by atoms with Crippen molar-refractivity contribution in [2.24, 2.45) is 0 Å². The molecule has 0 aromatic heterocycles. The van der Waals surface area contributed by atoms with Gasteiger partial charge in [0.2, 0.25) is 10.0 Å². The average Bonchev–Trinajstić information content (AvgIpc) is 3.26. The quantitative estimate of drug-likeness (QED) is 0.409. The molecule has 202 valence electrons. The van der Waals surface area contributed by atoms with Crippen LogP contribution in [0.4, 0.5) is 0 Å². The molecule has 5 rings (SSSR count). The summed E-state index contributed by atoms with van der Waals surface area (Å²) in [5, 5.41) is 3.36. The fourth-order valence-corrected chi connectivity index (χ4v) is 9.48. The van der Waals surface area contributed by atoms with Gasteiger partial charge in [-0.15, -0.1) is 0 Å². The highest BCUT2D eigenvalue weighted by atomic mass is 32.2. The lowest BCUT2D eigenvalue weighted by atomic mass is 9.84. The molecular weight excluding hydrogens is 516 g/mol. The molecule has 1 heterocycles. The monoisotopic (exact) mass is 552 g/mol. The second-order valence-corrected chi connectivity index (χ2v) is 14.6. The lowest BCUT2D eigenvalue weighted by molar-refractivity contribution is 0.286. The van der Waals surface area contributed by atoms with Gasteiger partial charge in [0.05, 0.1) is 22.4 Å². The fraction of sp³-hybridized carbons (Fsp3) is 0.400. The first kappa shape index (κ1) is 27.1. The van der Waals surface area contributed by atoms with Crippen molar-refractivity contribution >= 4 is 19.9 Å². The maximum absolute atomic E-state index is 14.1. The molecule has 1 saturated carbocycles. The molecule has 0 unspecified atom stereocenters. The molecule has 1 aliphatic heterocycles. The van der Waals surface area contributed by atoms with Gasteiger partial charge in [-0.05, 0) is 47.6 Å². The van der Waals surface area contributed by atoms with Crippen LogP contribution >= 0.6 is 0 Å². The predicted molar refractivity (Wildman–Crippen MR) is 151 cm³/mol. The van der Waals surface area contributed by atoms with Gasteiger partial charge in [-0.25, -0.2) is 16.8 Å². The summed E-state index contributed by atoms with van der Waals surface area (Å²) in [4.78, 5) is 0.207. The Kier molecular flexibility index (Phi) is 8.33. The van der Waals surface area contributed by atoms with Crippen LogP contribution in [-0.4, -0.2) is 44.7 Å². The number of sulfonamides is 1. The summed E-state index contributed by atoms with van der Waals surface area (Å²) in [5.41, 5.74) is 3.02. The van der Waals surface area contributed by atoms with Gasteiger partial charge in [-0.3, -0.25) is 0 Å². The summed E-state index contributed by atoms with van der Waals surface area (Å²) in [6.07, 6.45) is 5.97. The first-order chi connectivity index (χ1) is 18.3. The van der Waals surface area contributed by atoms with E-state index >= 15 is 0 Å². The Morgan fingerprint density at radius 1 is 0.763 bits per heavy atom. The summed E-state index contributed by atoms with van der Waals surface area (Å²) in [7, 11) is -7.39. The summed E-state index contributed by atoms with van der Waals surface area (Å²) in [5.74, 6) is 0.185. The maximum Gasteiger partial charge on any atom is 0.243 e. The number of hydrogen-bond donors (Lipinski definition) is 1. The molecule has 2 aliphatic rings. The second-order valence-electron chi connectivity index (χ2n) is 10.6. The summed E-state index contributed by atoms with van der Waals surface area (Å²) in [6.45, 7) is 0.574. The average molecular weight is 553 g/mol. The minimum Gasteiger partial charge on any atom is -0.307 e. The molecule has 0 spiro atoms. The second kappa shape index (κ2) is 11.7. The van der Waals surface area contributed by atoms with E-state index < -0.39 is 31.9 Å². The number of nitrogens with one attached hydrogen (secondary N) is 1. The zero-order valence-electron chi connectivity index (χ0n) is 21.6. The van der Waals surface area contributed by atoms with E-state index in [2.05, 4.69) is 5.32 Å². The molecule has 8 heteroatoms. The van der Waals surface area contributed by atoms with E-state index in [4.69, 9.17) is 0 Å². The highest BCUT2D eigenvalue weighted by Gasteiger charge is 2.45. The summed E-state index contributed by atoms with van der Waals surface area (Å²) in [6, 6.07) is 25.2. The minimum absolute atomic E-state index is 0.0913. The van der Waals surface area contributed by atoms with Gasteiger partial charge < -0.3 is 5.32 Å². The van der Waals surface area contributed by atoms with Crippen molar-refractivity contribution in [3.63, 3.8) is 0 Å². The molecule has 2 atom stereocenters. The SMILES string of the molecule is O=S1(=O)C[C@@H](N(Cc2ccccc2)S(=O)(=O)c2ccc(C3CCCCC3)cc2)[C@H](NCc2ccccc2)C1. The molecular formula is C30H36N2O4S2. The normalized spacial score (nSPS) is 22.0. The van der Waals surface area contributed by atoms with Crippen LogP contribution in [0.2, 0.25) is 0 Å². The van der Waals surface area contributed by atoms with E-state index in [1.807, 2.05) is 72.8 Å². The third-order valence-electron chi connectivity index (χ3n) is 7.85. The van der Waals surface area contributed by atoms with E-state index in [9.17, 15) is 16.8 Å². The lowest BCUT2D eigenvalue weighted by Gasteiger charge is -2.32. The van der Waals surface area contributed by atoms with Crippen molar-refractivity contribution in [3.8, 4) is 0 Å². The zero-order chi connectivity index (χ0) is 26.6. The van der Waals surface area contributed by atoms with Crippen LogP contribution < -0.4 is 5.32 Å². The van der Waals surface area contributed by atoms with E-state index in [-0.39, 0.29) is 22.9 Å². The third-order valence-corrected chi connectivity index (χ3v) is 11.4.